The van der Waals surface area contributed by atoms with E-state index in [1.165, 1.54) is 0 Å². The number of carbonyl (C=O) groups excluding carboxylic acids is 1. The fraction of sp³-hybridized carbons (Fsp3) is 0.133. The van der Waals surface area contributed by atoms with Crippen LogP contribution >= 0.6 is 0 Å². The standard InChI is InChI=1S/C15H16N2O3/c1-17-15(19)11-5-6-13(16)14(8-11)20-12-4-2-3-10(7-12)9-18/h2-8,18H,9,16H2,1H3,(H,17,19). The molecule has 0 radical (unpaired) electrons. The van der Waals surface area contributed by atoms with E-state index in [2.05, 4.69) is 5.32 Å². The zero-order valence-corrected chi connectivity index (χ0v) is 11.1. The van der Waals surface area contributed by atoms with Crippen molar-refractivity contribution in [2.75, 3.05) is 12.8 Å². The number of benzene rings is 2. The molecule has 0 heterocycles. The van der Waals surface area contributed by atoms with Crippen molar-refractivity contribution in [1.82, 2.24) is 5.32 Å². The Balaban J connectivity index is 2.30. The molecule has 1 amide bonds. The first-order chi connectivity index (χ1) is 9.63. The highest BCUT2D eigenvalue weighted by Crippen LogP contribution is 2.29. The maximum atomic E-state index is 11.6. The summed E-state index contributed by atoms with van der Waals surface area (Å²) in [4.78, 5) is 11.6. The molecule has 0 unspecified atom stereocenters. The van der Waals surface area contributed by atoms with Gasteiger partial charge in [-0.05, 0) is 35.9 Å². The lowest BCUT2D eigenvalue weighted by Gasteiger charge is -2.10. The lowest BCUT2D eigenvalue weighted by atomic mass is 10.1. The van der Waals surface area contributed by atoms with Crippen molar-refractivity contribution in [1.29, 1.82) is 0 Å². The summed E-state index contributed by atoms with van der Waals surface area (Å²) < 4.78 is 5.67. The van der Waals surface area contributed by atoms with Gasteiger partial charge in [-0.15, -0.1) is 0 Å². The molecule has 0 atom stereocenters. The fourth-order valence-corrected chi connectivity index (χ4v) is 1.74. The monoisotopic (exact) mass is 272 g/mol. The molecule has 0 spiro atoms. The minimum atomic E-state index is -0.209. The third kappa shape index (κ3) is 3.07. The van der Waals surface area contributed by atoms with Crippen LogP contribution in [0.15, 0.2) is 42.5 Å². The molecule has 2 rings (SSSR count). The highest BCUT2D eigenvalue weighted by molar-refractivity contribution is 5.95. The maximum absolute atomic E-state index is 11.6. The highest BCUT2D eigenvalue weighted by atomic mass is 16.5. The topological polar surface area (TPSA) is 84.6 Å². The van der Waals surface area contributed by atoms with Crippen LogP contribution in [0.1, 0.15) is 15.9 Å². The number of hydrogen-bond donors (Lipinski definition) is 3. The van der Waals surface area contributed by atoms with Crippen molar-refractivity contribution >= 4 is 11.6 Å². The van der Waals surface area contributed by atoms with Crippen molar-refractivity contribution in [3.05, 3.63) is 53.6 Å². The minimum absolute atomic E-state index is 0.0645. The van der Waals surface area contributed by atoms with Gasteiger partial charge in [0.1, 0.15) is 5.75 Å². The molecule has 5 nitrogen and oxygen atoms in total. The Morgan fingerprint density at radius 2 is 2.10 bits per heavy atom. The summed E-state index contributed by atoms with van der Waals surface area (Å²) in [6, 6.07) is 11.9. The summed E-state index contributed by atoms with van der Waals surface area (Å²) in [7, 11) is 1.56. The third-order valence-electron chi connectivity index (χ3n) is 2.81. The van der Waals surface area contributed by atoms with Crippen LogP contribution in [0.4, 0.5) is 5.69 Å². The predicted molar refractivity (Wildman–Crippen MR) is 76.7 cm³/mol. The molecule has 0 aliphatic heterocycles. The molecule has 20 heavy (non-hydrogen) atoms. The number of nitrogen functional groups attached to an aromatic ring is 1. The molecular weight excluding hydrogens is 256 g/mol. The van der Waals surface area contributed by atoms with E-state index in [0.29, 0.717) is 22.7 Å². The average Bonchev–Trinajstić information content (AvgIpc) is 2.49. The Morgan fingerprint density at radius 3 is 2.80 bits per heavy atom. The number of aliphatic hydroxyl groups excluding tert-OH is 1. The SMILES string of the molecule is CNC(=O)c1ccc(N)c(Oc2cccc(CO)c2)c1. The zero-order chi connectivity index (χ0) is 14.5. The Kier molecular flexibility index (Phi) is 4.22. The first-order valence-electron chi connectivity index (χ1n) is 6.13. The van der Waals surface area contributed by atoms with E-state index >= 15 is 0 Å². The molecule has 104 valence electrons. The largest absolute Gasteiger partial charge is 0.455 e. The van der Waals surface area contributed by atoms with Gasteiger partial charge in [0, 0.05) is 12.6 Å². The predicted octanol–water partition coefficient (Wildman–Crippen LogP) is 1.91. The van der Waals surface area contributed by atoms with Crippen LogP contribution in [0.3, 0.4) is 0 Å². The van der Waals surface area contributed by atoms with Crippen LogP contribution in [0.2, 0.25) is 0 Å². The summed E-state index contributed by atoms with van der Waals surface area (Å²) in [5.74, 6) is 0.748. The van der Waals surface area contributed by atoms with E-state index in [1.807, 2.05) is 0 Å². The third-order valence-corrected chi connectivity index (χ3v) is 2.81. The summed E-state index contributed by atoms with van der Waals surface area (Å²) in [6.45, 7) is -0.0645. The molecule has 0 bridgehead atoms. The van der Waals surface area contributed by atoms with E-state index in [4.69, 9.17) is 15.6 Å². The van der Waals surface area contributed by atoms with Crippen LogP contribution in [-0.4, -0.2) is 18.1 Å². The molecule has 2 aromatic carbocycles. The van der Waals surface area contributed by atoms with Crippen molar-refractivity contribution < 1.29 is 14.6 Å². The van der Waals surface area contributed by atoms with E-state index in [9.17, 15) is 4.79 Å². The van der Waals surface area contributed by atoms with Crippen LogP contribution in [0.25, 0.3) is 0 Å². The minimum Gasteiger partial charge on any atom is -0.455 e. The molecule has 0 saturated heterocycles. The number of rotatable bonds is 4. The van der Waals surface area contributed by atoms with Gasteiger partial charge in [-0.3, -0.25) is 4.79 Å². The second kappa shape index (κ2) is 6.08. The molecule has 5 heteroatoms. The van der Waals surface area contributed by atoms with Gasteiger partial charge in [-0.25, -0.2) is 0 Å². The number of aliphatic hydroxyl groups is 1. The number of amides is 1. The summed E-state index contributed by atoms with van der Waals surface area (Å²) in [6.07, 6.45) is 0. The maximum Gasteiger partial charge on any atom is 0.251 e. The highest BCUT2D eigenvalue weighted by Gasteiger charge is 2.09. The molecule has 0 aliphatic rings. The second-order valence-corrected chi connectivity index (χ2v) is 4.24. The Labute approximate surface area is 117 Å². The van der Waals surface area contributed by atoms with Crippen LogP contribution < -0.4 is 15.8 Å². The Hall–Kier alpha value is -2.53. The summed E-state index contributed by atoms with van der Waals surface area (Å²) in [5.41, 5.74) is 7.49. The summed E-state index contributed by atoms with van der Waals surface area (Å²) >= 11 is 0. The van der Waals surface area contributed by atoms with E-state index in [1.54, 1.807) is 49.5 Å². The van der Waals surface area contributed by atoms with Gasteiger partial charge in [-0.1, -0.05) is 12.1 Å². The van der Waals surface area contributed by atoms with Gasteiger partial charge < -0.3 is 20.9 Å². The molecule has 2 aromatic rings. The van der Waals surface area contributed by atoms with E-state index in [-0.39, 0.29) is 12.5 Å². The van der Waals surface area contributed by atoms with Crippen molar-refractivity contribution in [3.63, 3.8) is 0 Å². The number of anilines is 1. The van der Waals surface area contributed by atoms with Gasteiger partial charge >= 0.3 is 0 Å². The number of nitrogens with two attached hydrogens (primary N) is 1. The van der Waals surface area contributed by atoms with Crippen molar-refractivity contribution in [2.45, 2.75) is 6.61 Å². The lowest BCUT2D eigenvalue weighted by Crippen LogP contribution is -2.17. The zero-order valence-electron chi connectivity index (χ0n) is 11.1. The molecule has 0 aromatic heterocycles. The number of carbonyl (C=O) groups is 1. The summed E-state index contributed by atoms with van der Waals surface area (Å²) in [5, 5.41) is 11.6. The fourth-order valence-electron chi connectivity index (χ4n) is 1.74. The van der Waals surface area contributed by atoms with Gasteiger partial charge in [0.2, 0.25) is 0 Å². The van der Waals surface area contributed by atoms with Gasteiger partial charge in [0.15, 0.2) is 5.75 Å². The smallest absolute Gasteiger partial charge is 0.251 e. The first-order valence-corrected chi connectivity index (χ1v) is 6.13. The van der Waals surface area contributed by atoms with Gasteiger partial charge in [-0.2, -0.15) is 0 Å². The molecule has 0 aliphatic carbocycles. The van der Waals surface area contributed by atoms with Crippen molar-refractivity contribution in [3.8, 4) is 11.5 Å². The van der Waals surface area contributed by atoms with Gasteiger partial charge in [0.05, 0.1) is 12.3 Å². The molecule has 4 N–H and O–H groups in total. The number of ether oxygens (including phenoxy) is 1. The van der Waals surface area contributed by atoms with Crippen LogP contribution in [0.5, 0.6) is 11.5 Å². The quantitative estimate of drug-likeness (QED) is 0.742. The number of nitrogens with one attached hydrogen (secondary N) is 1. The normalized spacial score (nSPS) is 10.1. The lowest BCUT2D eigenvalue weighted by molar-refractivity contribution is 0.0963. The number of hydrogen-bond acceptors (Lipinski definition) is 4. The van der Waals surface area contributed by atoms with Gasteiger partial charge in [0.25, 0.3) is 5.91 Å². The molecule has 0 fully saturated rings. The van der Waals surface area contributed by atoms with E-state index in [0.717, 1.165) is 5.56 Å². The average molecular weight is 272 g/mol. The van der Waals surface area contributed by atoms with Crippen LogP contribution in [0, 0.1) is 0 Å². The second-order valence-electron chi connectivity index (χ2n) is 4.24. The van der Waals surface area contributed by atoms with E-state index < -0.39 is 0 Å². The Morgan fingerprint density at radius 1 is 1.30 bits per heavy atom. The Bertz CT molecular complexity index is 626. The molecular formula is C15H16N2O3. The molecule has 0 saturated carbocycles. The van der Waals surface area contributed by atoms with Crippen molar-refractivity contribution in [2.24, 2.45) is 0 Å². The van der Waals surface area contributed by atoms with Crippen LogP contribution in [-0.2, 0) is 6.61 Å². The first kappa shape index (κ1) is 13.9.